The molecule has 126 valence electrons. The molecule has 0 atom stereocenters. The van der Waals surface area contributed by atoms with Crippen molar-refractivity contribution >= 4 is 40.9 Å². The maximum atomic E-state index is 11.9. The quantitative estimate of drug-likeness (QED) is 0.341. The molecule has 2 rings (SSSR count). The fourth-order valence-corrected chi connectivity index (χ4v) is 2.52. The lowest BCUT2D eigenvalue weighted by molar-refractivity contribution is -0.139. The predicted octanol–water partition coefficient (Wildman–Crippen LogP) is 1.26. The lowest BCUT2D eigenvalue weighted by atomic mass is 10.3. The number of hydrogen-bond acceptors (Lipinski definition) is 7. The second-order valence-corrected chi connectivity index (χ2v) is 5.80. The van der Waals surface area contributed by atoms with Crippen molar-refractivity contribution in [2.45, 2.75) is 11.6 Å². The summed E-state index contributed by atoms with van der Waals surface area (Å²) in [7, 11) is 1.25. The minimum Gasteiger partial charge on any atom is -0.469 e. The first-order valence-electron chi connectivity index (χ1n) is 6.68. The molecule has 2 aromatic heterocycles. The maximum absolute atomic E-state index is 11.9. The lowest BCUT2D eigenvalue weighted by Crippen LogP contribution is -2.17. The van der Waals surface area contributed by atoms with Gasteiger partial charge in [0.25, 0.3) is 5.56 Å². The Balaban J connectivity index is 1.98. The van der Waals surface area contributed by atoms with Crippen molar-refractivity contribution in [1.29, 1.82) is 0 Å². The van der Waals surface area contributed by atoms with Gasteiger partial charge in [-0.25, -0.2) is 9.97 Å². The van der Waals surface area contributed by atoms with Crippen LogP contribution in [-0.2, 0) is 20.7 Å². The molecule has 0 fully saturated rings. The third kappa shape index (κ3) is 5.36. The Morgan fingerprint density at radius 3 is 2.96 bits per heavy atom. The van der Waals surface area contributed by atoms with E-state index in [1.165, 1.54) is 19.4 Å². The molecule has 1 amide bonds. The highest BCUT2D eigenvalue weighted by atomic mass is 35.5. The van der Waals surface area contributed by atoms with E-state index in [4.69, 9.17) is 11.6 Å². The van der Waals surface area contributed by atoms with Crippen LogP contribution < -0.4 is 10.9 Å². The van der Waals surface area contributed by atoms with Crippen LogP contribution in [0.1, 0.15) is 5.69 Å². The Labute approximate surface area is 146 Å². The van der Waals surface area contributed by atoms with Crippen molar-refractivity contribution in [2.24, 2.45) is 0 Å². The number of pyridine rings is 1. The third-order valence-corrected chi connectivity index (χ3v) is 3.87. The number of rotatable bonds is 6. The molecule has 0 aliphatic carbocycles. The molecule has 2 N–H and O–H groups in total. The number of methoxy groups -OCH3 is 1. The number of H-pyrrole nitrogens is 1. The van der Waals surface area contributed by atoms with Gasteiger partial charge in [0, 0.05) is 12.3 Å². The molecule has 24 heavy (non-hydrogen) atoms. The molecule has 8 nitrogen and oxygen atoms in total. The van der Waals surface area contributed by atoms with Gasteiger partial charge in [0.15, 0.2) is 10.3 Å². The molecule has 0 saturated heterocycles. The first kappa shape index (κ1) is 18.0. The molecule has 0 aliphatic rings. The fourth-order valence-electron chi connectivity index (χ4n) is 1.66. The molecule has 0 saturated carbocycles. The monoisotopic (exact) mass is 368 g/mol. The second-order valence-electron chi connectivity index (χ2n) is 4.47. The summed E-state index contributed by atoms with van der Waals surface area (Å²) in [5, 5.41) is 3.02. The number of nitrogens with one attached hydrogen (secondary N) is 2. The SMILES string of the molecule is COC(=O)Cc1cc(=O)[nH]c(SCC(=O)Nc2cccnc2Cl)n1. The Bertz CT molecular complexity index is 811. The van der Waals surface area contributed by atoms with Crippen LogP contribution >= 0.6 is 23.4 Å². The van der Waals surface area contributed by atoms with Crippen LogP contribution in [-0.4, -0.2) is 39.7 Å². The van der Waals surface area contributed by atoms with Gasteiger partial charge in [-0.05, 0) is 12.1 Å². The van der Waals surface area contributed by atoms with Crippen LogP contribution in [0.3, 0.4) is 0 Å². The standard InChI is InChI=1S/C14H13ClN4O4S/c1-23-12(22)6-8-5-10(20)19-14(17-8)24-7-11(21)18-9-3-2-4-16-13(9)15/h2-5H,6-7H2,1H3,(H,18,21)(H,17,19,20). The zero-order chi connectivity index (χ0) is 17.5. The molecule has 0 bridgehead atoms. The van der Waals surface area contributed by atoms with Crippen molar-refractivity contribution in [3.63, 3.8) is 0 Å². The second kappa shape index (κ2) is 8.46. The minimum atomic E-state index is -0.506. The summed E-state index contributed by atoms with van der Waals surface area (Å²) in [6.07, 6.45) is 1.39. The summed E-state index contributed by atoms with van der Waals surface area (Å²) in [4.78, 5) is 45.2. The van der Waals surface area contributed by atoms with Crippen molar-refractivity contribution in [2.75, 3.05) is 18.2 Å². The number of aromatic amines is 1. The number of thioether (sulfide) groups is 1. The van der Waals surface area contributed by atoms with Crippen molar-refractivity contribution < 1.29 is 14.3 Å². The fraction of sp³-hybridized carbons (Fsp3) is 0.214. The lowest BCUT2D eigenvalue weighted by Gasteiger charge is -2.06. The largest absolute Gasteiger partial charge is 0.469 e. The first-order chi connectivity index (χ1) is 11.5. The number of aromatic nitrogens is 3. The highest BCUT2D eigenvalue weighted by Gasteiger charge is 2.10. The zero-order valence-electron chi connectivity index (χ0n) is 12.5. The summed E-state index contributed by atoms with van der Waals surface area (Å²) in [6, 6.07) is 4.47. The van der Waals surface area contributed by atoms with Crippen LogP contribution in [0, 0.1) is 0 Å². The van der Waals surface area contributed by atoms with E-state index in [0.717, 1.165) is 11.8 Å². The number of halogens is 1. The van der Waals surface area contributed by atoms with Crippen LogP contribution in [0.4, 0.5) is 5.69 Å². The molecule has 0 unspecified atom stereocenters. The average molecular weight is 369 g/mol. The van der Waals surface area contributed by atoms with Crippen molar-refractivity contribution in [3.05, 3.63) is 45.6 Å². The molecule has 10 heteroatoms. The predicted molar refractivity (Wildman–Crippen MR) is 89.2 cm³/mol. The average Bonchev–Trinajstić information content (AvgIpc) is 2.54. The van der Waals surface area contributed by atoms with E-state index >= 15 is 0 Å². The molecular weight excluding hydrogens is 356 g/mol. The number of carbonyl (C=O) groups excluding carboxylic acids is 2. The number of amides is 1. The first-order valence-corrected chi connectivity index (χ1v) is 8.04. The van der Waals surface area contributed by atoms with Gasteiger partial charge in [-0.3, -0.25) is 14.4 Å². The summed E-state index contributed by atoms with van der Waals surface area (Å²) >= 11 is 6.88. The molecular formula is C14H13ClN4O4S. The van der Waals surface area contributed by atoms with Gasteiger partial charge in [-0.2, -0.15) is 0 Å². The number of nitrogens with zero attached hydrogens (tertiary/aromatic N) is 2. The number of hydrogen-bond donors (Lipinski definition) is 2. The topological polar surface area (TPSA) is 114 Å². The van der Waals surface area contributed by atoms with Gasteiger partial charge in [-0.15, -0.1) is 0 Å². The van der Waals surface area contributed by atoms with Gasteiger partial charge in [-0.1, -0.05) is 23.4 Å². The van der Waals surface area contributed by atoms with E-state index in [9.17, 15) is 14.4 Å². The van der Waals surface area contributed by atoms with Crippen LogP contribution in [0.5, 0.6) is 0 Å². The molecule has 0 spiro atoms. The highest BCUT2D eigenvalue weighted by molar-refractivity contribution is 7.99. The number of esters is 1. The Morgan fingerprint density at radius 1 is 1.46 bits per heavy atom. The summed E-state index contributed by atoms with van der Waals surface area (Å²) < 4.78 is 4.53. The van der Waals surface area contributed by atoms with E-state index in [0.29, 0.717) is 5.69 Å². The maximum Gasteiger partial charge on any atom is 0.311 e. The molecule has 2 aromatic rings. The van der Waals surface area contributed by atoms with Crippen LogP contribution in [0.15, 0.2) is 34.3 Å². The van der Waals surface area contributed by atoms with E-state index in [-0.39, 0.29) is 34.1 Å². The number of ether oxygens (including phenoxy) is 1. The van der Waals surface area contributed by atoms with Gasteiger partial charge in [0.1, 0.15) is 0 Å². The summed E-state index contributed by atoms with van der Waals surface area (Å²) in [6.45, 7) is 0. The molecule has 0 aliphatic heterocycles. The van der Waals surface area contributed by atoms with Gasteiger partial charge in [0.05, 0.1) is 30.7 Å². The third-order valence-electron chi connectivity index (χ3n) is 2.70. The highest BCUT2D eigenvalue weighted by Crippen LogP contribution is 2.18. The molecule has 0 radical (unpaired) electrons. The Morgan fingerprint density at radius 2 is 2.25 bits per heavy atom. The van der Waals surface area contributed by atoms with E-state index in [2.05, 4.69) is 25.0 Å². The zero-order valence-corrected chi connectivity index (χ0v) is 14.1. The van der Waals surface area contributed by atoms with Crippen LogP contribution in [0.25, 0.3) is 0 Å². The van der Waals surface area contributed by atoms with Gasteiger partial charge in [0.2, 0.25) is 5.91 Å². The smallest absolute Gasteiger partial charge is 0.311 e. The van der Waals surface area contributed by atoms with E-state index in [1.54, 1.807) is 12.1 Å². The number of carbonyl (C=O) groups is 2. The Kier molecular flexibility index (Phi) is 6.33. The van der Waals surface area contributed by atoms with Crippen LogP contribution in [0.2, 0.25) is 5.15 Å². The molecule has 0 aromatic carbocycles. The van der Waals surface area contributed by atoms with E-state index in [1.807, 2.05) is 0 Å². The van der Waals surface area contributed by atoms with E-state index < -0.39 is 11.5 Å². The van der Waals surface area contributed by atoms with Crippen molar-refractivity contribution in [3.8, 4) is 0 Å². The molecule has 2 heterocycles. The Hall–Kier alpha value is -2.39. The summed E-state index contributed by atoms with van der Waals surface area (Å²) in [5.41, 5.74) is 0.247. The minimum absolute atomic E-state index is 0.00413. The summed E-state index contributed by atoms with van der Waals surface area (Å²) in [5.74, 6) is -0.848. The van der Waals surface area contributed by atoms with Gasteiger partial charge >= 0.3 is 5.97 Å². The van der Waals surface area contributed by atoms with Crippen molar-refractivity contribution in [1.82, 2.24) is 15.0 Å². The number of anilines is 1. The normalized spacial score (nSPS) is 10.2. The van der Waals surface area contributed by atoms with Gasteiger partial charge < -0.3 is 15.0 Å².